The third-order valence-electron chi connectivity index (χ3n) is 2.76. The van der Waals surface area contributed by atoms with Crippen LogP contribution in [0.25, 0.3) is 0 Å². The van der Waals surface area contributed by atoms with Gasteiger partial charge in [-0.3, -0.25) is 4.74 Å². The Morgan fingerprint density at radius 2 is 0.593 bits per heavy atom. The third kappa shape index (κ3) is 8.59. The van der Waals surface area contributed by atoms with Gasteiger partial charge in [0.1, 0.15) is 0 Å². The summed E-state index contributed by atoms with van der Waals surface area (Å²) in [6.07, 6.45) is -45.0. The minimum atomic E-state index is -6.44. The summed E-state index contributed by atoms with van der Waals surface area (Å²) in [5.41, 5.74) is 0. The SMILES string of the molecule is FC(F)(CC(C(F)(F)F)C(F)(F)F)OC(F)(F)CC(C(F)(F)F)C(F)(F)F. The summed E-state index contributed by atoms with van der Waals surface area (Å²) in [7, 11) is 0. The Morgan fingerprint density at radius 3 is 0.741 bits per heavy atom. The van der Waals surface area contributed by atoms with E-state index in [1.54, 1.807) is 0 Å². The molecule has 0 aromatic rings. The average Bonchev–Trinajstić information content (AvgIpc) is 2.26. The molecule has 0 bridgehead atoms. The van der Waals surface area contributed by atoms with Crippen LogP contribution in [0, 0.1) is 11.8 Å². The predicted molar refractivity (Wildman–Crippen MR) is 51.4 cm³/mol. The largest absolute Gasteiger partial charge is 0.400 e. The standard InChI is InChI=1S/C10H6F16O/c11-5(12,1-3(7(15,16)17)8(18,19)20)27-6(13,14)2-4(9(21,22)23)10(24,25)26/h3-4H,1-2H2. The lowest BCUT2D eigenvalue weighted by Gasteiger charge is -2.31. The van der Waals surface area contributed by atoms with Crippen molar-refractivity contribution in [2.75, 3.05) is 0 Å². The van der Waals surface area contributed by atoms with E-state index in [4.69, 9.17) is 0 Å². The molecule has 0 atom stereocenters. The van der Waals surface area contributed by atoms with Crippen molar-refractivity contribution >= 4 is 0 Å². The fourth-order valence-corrected chi connectivity index (χ4v) is 1.61. The number of rotatable bonds is 6. The maximum absolute atomic E-state index is 13.0. The van der Waals surface area contributed by atoms with Gasteiger partial charge in [-0.25, -0.2) is 0 Å². The molecule has 0 N–H and O–H groups in total. The van der Waals surface area contributed by atoms with E-state index in [1.165, 1.54) is 0 Å². The lowest BCUT2D eigenvalue weighted by Crippen LogP contribution is -2.46. The Balaban J connectivity index is 5.51. The van der Waals surface area contributed by atoms with Crippen molar-refractivity contribution in [3.63, 3.8) is 0 Å². The van der Waals surface area contributed by atoms with Crippen molar-refractivity contribution in [2.45, 2.75) is 49.8 Å². The summed E-state index contributed by atoms with van der Waals surface area (Å²) >= 11 is 0. The monoisotopic (exact) mass is 446 g/mol. The van der Waals surface area contributed by atoms with Gasteiger partial charge in [0.05, 0.1) is 12.8 Å². The van der Waals surface area contributed by atoms with Gasteiger partial charge in [-0.15, -0.1) is 0 Å². The summed E-state index contributed by atoms with van der Waals surface area (Å²) in [5, 5.41) is 0. The van der Waals surface area contributed by atoms with Crippen LogP contribution < -0.4 is 0 Å². The second-order valence-electron chi connectivity index (χ2n) is 5.06. The van der Waals surface area contributed by atoms with Gasteiger partial charge in [-0.05, 0) is 0 Å². The van der Waals surface area contributed by atoms with Crippen molar-refractivity contribution in [2.24, 2.45) is 11.8 Å². The van der Waals surface area contributed by atoms with E-state index in [1.807, 2.05) is 0 Å². The van der Waals surface area contributed by atoms with Gasteiger partial charge in [0.15, 0.2) is 11.8 Å². The number of alkyl halides is 16. The number of ether oxygens (including phenoxy) is 1. The molecule has 0 heterocycles. The molecule has 17 heteroatoms. The highest BCUT2D eigenvalue weighted by atomic mass is 19.4. The van der Waals surface area contributed by atoms with E-state index in [0.717, 1.165) is 0 Å². The normalized spacial score (nSPS) is 15.8. The minimum absolute atomic E-state index is 2.20. The van der Waals surface area contributed by atoms with Gasteiger partial charge in [-0.2, -0.15) is 70.2 Å². The van der Waals surface area contributed by atoms with Gasteiger partial charge < -0.3 is 0 Å². The van der Waals surface area contributed by atoms with E-state index in [2.05, 4.69) is 4.74 Å². The first kappa shape index (κ1) is 25.8. The molecule has 0 spiro atoms. The van der Waals surface area contributed by atoms with Gasteiger partial charge >= 0.3 is 36.9 Å². The molecule has 0 saturated carbocycles. The smallest absolute Gasteiger partial charge is 0.255 e. The summed E-state index contributed by atoms with van der Waals surface area (Å²) in [6.45, 7) is 0. The quantitative estimate of drug-likeness (QED) is 0.427. The molecule has 164 valence electrons. The Hall–Kier alpha value is -1.16. The van der Waals surface area contributed by atoms with E-state index in [-0.39, 0.29) is 0 Å². The second-order valence-corrected chi connectivity index (χ2v) is 5.06. The van der Waals surface area contributed by atoms with Crippen LogP contribution in [0.5, 0.6) is 0 Å². The Labute approximate surface area is 138 Å². The highest BCUT2D eigenvalue weighted by molar-refractivity contribution is 4.82. The molecule has 0 amide bonds. The second kappa shape index (κ2) is 7.35. The summed E-state index contributed by atoms with van der Waals surface area (Å²) in [6, 6.07) is 0. The molecule has 0 fully saturated rings. The zero-order chi connectivity index (χ0) is 22.3. The molecule has 0 aromatic carbocycles. The van der Waals surface area contributed by atoms with Gasteiger partial charge in [0, 0.05) is 0 Å². The lowest BCUT2D eigenvalue weighted by molar-refractivity contribution is -0.411. The number of hydrogen-bond donors (Lipinski definition) is 0. The third-order valence-corrected chi connectivity index (χ3v) is 2.76. The maximum Gasteiger partial charge on any atom is 0.400 e. The Morgan fingerprint density at radius 1 is 0.407 bits per heavy atom. The fourth-order valence-electron chi connectivity index (χ4n) is 1.61. The molecule has 0 unspecified atom stereocenters. The summed E-state index contributed by atoms with van der Waals surface area (Å²) in [5.74, 6) is -9.87. The summed E-state index contributed by atoms with van der Waals surface area (Å²) in [4.78, 5) is 0. The van der Waals surface area contributed by atoms with Crippen molar-refractivity contribution < 1.29 is 75.0 Å². The van der Waals surface area contributed by atoms with Crippen LogP contribution in [0.3, 0.4) is 0 Å². The first-order chi connectivity index (χ1) is 11.4. The van der Waals surface area contributed by atoms with Gasteiger partial charge in [0.2, 0.25) is 0 Å². The highest BCUT2D eigenvalue weighted by Gasteiger charge is 2.64. The fraction of sp³-hybridized carbons (Fsp3) is 1.00. The van der Waals surface area contributed by atoms with Crippen LogP contribution in [0.2, 0.25) is 0 Å². The zero-order valence-corrected chi connectivity index (χ0v) is 12.0. The van der Waals surface area contributed by atoms with E-state index < -0.39 is 61.6 Å². The van der Waals surface area contributed by atoms with Crippen LogP contribution in [0.4, 0.5) is 70.2 Å². The molecule has 1 nitrogen and oxygen atoms in total. The van der Waals surface area contributed by atoms with Crippen LogP contribution in [-0.2, 0) is 4.74 Å². The highest BCUT2D eigenvalue weighted by Crippen LogP contribution is 2.49. The first-order valence-corrected chi connectivity index (χ1v) is 6.11. The van der Waals surface area contributed by atoms with E-state index >= 15 is 0 Å². The minimum Gasteiger partial charge on any atom is -0.255 e. The maximum atomic E-state index is 13.0. The van der Waals surface area contributed by atoms with Gasteiger partial charge in [-0.1, -0.05) is 0 Å². The van der Waals surface area contributed by atoms with Crippen molar-refractivity contribution in [1.29, 1.82) is 0 Å². The molecule has 0 saturated heterocycles. The van der Waals surface area contributed by atoms with Crippen molar-refractivity contribution in [3.05, 3.63) is 0 Å². The Bertz CT molecular complexity index is 407. The van der Waals surface area contributed by atoms with Crippen LogP contribution in [0.1, 0.15) is 12.8 Å². The lowest BCUT2D eigenvalue weighted by atomic mass is 10.0. The predicted octanol–water partition coefficient (Wildman–Crippen LogP) is 6.45. The van der Waals surface area contributed by atoms with E-state index in [9.17, 15) is 70.2 Å². The topological polar surface area (TPSA) is 9.23 Å². The van der Waals surface area contributed by atoms with Crippen LogP contribution >= 0.6 is 0 Å². The number of hydrogen-bond acceptors (Lipinski definition) is 1. The molecule has 0 aromatic heterocycles. The first-order valence-electron chi connectivity index (χ1n) is 6.11. The Kier molecular flexibility index (Phi) is 7.03. The van der Waals surface area contributed by atoms with Crippen LogP contribution in [-0.4, -0.2) is 36.9 Å². The molecule has 0 aliphatic heterocycles. The van der Waals surface area contributed by atoms with E-state index in [0.29, 0.717) is 0 Å². The molecule has 0 aliphatic carbocycles. The molecule has 0 radical (unpaired) electrons. The molecule has 27 heavy (non-hydrogen) atoms. The summed E-state index contributed by atoms with van der Waals surface area (Å²) < 4.78 is 200. The molecular weight excluding hydrogens is 440 g/mol. The van der Waals surface area contributed by atoms with Crippen molar-refractivity contribution in [3.8, 4) is 0 Å². The number of halogens is 16. The van der Waals surface area contributed by atoms with Crippen LogP contribution in [0.15, 0.2) is 0 Å². The van der Waals surface area contributed by atoms with Crippen molar-refractivity contribution in [1.82, 2.24) is 0 Å². The molecule has 0 aliphatic rings. The average molecular weight is 446 g/mol. The molecule has 0 rings (SSSR count). The van der Waals surface area contributed by atoms with Gasteiger partial charge in [0.25, 0.3) is 0 Å². The molecular formula is C10H6F16O. The zero-order valence-electron chi connectivity index (χ0n) is 12.0.